The molecule has 0 aliphatic heterocycles. The molecule has 1 aromatic heterocycles. The Hall–Kier alpha value is -4.33. The van der Waals surface area contributed by atoms with Crippen molar-refractivity contribution < 1.29 is 50.5 Å². The van der Waals surface area contributed by atoms with E-state index < -0.39 is 42.3 Å². The number of anilines is 1. The van der Waals surface area contributed by atoms with Gasteiger partial charge in [-0.15, -0.1) is 0 Å². The van der Waals surface area contributed by atoms with Gasteiger partial charge in [-0.05, 0) is 83.2 Å². The van der Waals surface area contributed by atoms with Crippen LogP contribution in [0.1, 0.15) is 80.7 Å². The quantitative estimate of drug-likeness (QED) is 0.149. The molecule has 3 aromatic rings. The number of benzene rings is 2. The number of nitrogens with zero attached hydrogens (tertiary/aromatic N) is 3. The van der Waals surface area contributed by atoms with E-state index in [1.165, 1.54) is 4.90 Å². The Morgan fingerprint density at radius 1 is 0.959 bits per heavy atom. The third-order valence-electron chi connectivity index (χ3n) is 8.34. The van der Waals surface area contributed by atoms with Crippen LogP contribution in [0.4, 0.5) is 32.3 Å². The van der Waals surface area contributed by atoms with Gasteiger partial charge >= 0.3 is 18.3 Å². The lowest BCUT2D eigenvalue weighted by molar-refractivity contribution is -0.166. The van der Waals surface area contributed by atoms with Crippen molar-refractivity contribution in [3.05, 3.63) is 82.2 Å². The maximum atomic E-state index is 13.8. The number of methoxy groups -OCH3 is 2. The zero-order chi connectivity index (χ0) is 36.3. The zero-order valence-corrected chi connectivity index (χ0v) is 28.0. The SMILES string of the molecule is COc1ccc(C(C)C)cc1C1=C(CN(Cc2cc(C(F)(F)F)cc(C(F)(F)F)c2)c2ncc(OC(OC)C(=O)O)cn2)CC(C)(C)CC1. The topological polar surface area (TPSA) is 94.0 Å². The van der Waals surface area contributed by atoms with E-state index in [4.69, 9.17) is 14.2 Å². The van der Waals surface area contributed by atoms with Gasteiger partial charge in [0.2, 0.25) is 5.95 Å². The lowest BCUT2D eigenvalue weighted by Crippen LogP contribution is -2.31. The molecular weight excluding hydrogens is 656 g/mol. The molecule has 8 nitrogen and oxygen atoms in total. The van der Waals surface area contributed by atoms with Crippen LogP contribution in [0.3, 0.4) is 0 Å². The van der Waals surface area contributed by atoms with E-state index in [2.05, 4.69) is 43.7 Å². The van der Waals surface area contributed by atoms with E-state index in [0.717, 1.165) is 48.2 Å². The molecule has 0 amide bonds. The monoisotopic (exact) mass is 695 g/mol. The summed E-state index contributed by atoms with van der Waals surface area (Å²) in [6.07, 6.45) is -7.35. The highest BCUT2D eigenvalue weighted by Gasteiger charge is 2.37. The normalized spacial score (nSPS) is 15.7. The van der Waals surface area contributed by atoms with Gasteiger partial charge in [-0.3, -0.25) is 0 Å². The van der Waals surface area contributed by atoms with Crippen molar-refractivity contribution in [2.75, 3.05) is 25.7 Å². The number of rotatable bonds is 12. The van der Waals surface area contributed by atoms with Crippen LogP contribution in [-0.2, 0) is 28.4 Å². The fourth-order valence-corrected chi connectivity index (χ4v) is 5.83. The summed E-state index contributed by atoms with van der Waals surface area (Å²) in [5.74, 6) is -0.665. The molecule has 4 rings (SSSR count). The summed E-state index contributed by atoms with van der Waals surface area (Å²) in [5, 5.41) is 9.26. The van der Waals surface area contributed by atoms with Crippen LogP contribution in [-0.4, -0.2) is 48.1 Å². The summed E-state index contributed by atoms with van der Waals surface area (Å²) < 4.78 is 98.5. The van der Waals surface area contributed by atoms with E-state index in [0.29, 0.717) is 30.7 Å². The van der Waals surface area contributed by atoms with Crippen LogP contribution in [0.15, 0.2) is 54.4 Å². The van der Waals surface area contributed by atoms with Crippen LogP contribution in [0.5, 0.6) is 11.5 Å². The predicted molar refractivity (Wildman–Crippen MR) is 170 cm³/mol. The highest BCUT2D eigenvalue weighted by Crippen LogP contribution is 2.46. The molecule has 1 heterocycles. The molecule has 14 heteroatoms. The molecule has 0 bridgehead atoms. The van der Waals surface area contributed by atoms with Gasteiger partial charge in [-0.2, -0.15) is 26.3 Å². The minimum absolute atomic E-state index is 0.0271. The van der Waals surface area contributed by atoms with Gasteiger partial charge in [0.1, 0.15) is 5.75 Å². The average Bonchev–Trinajstić information content (AvgIpc) is 3.02. The summed E-state index contributed by atoms with van der Waals surface area (Å²) in [6.45, 7) is 7.95. The number of hydrogen-bond acceptors (Lipinski definition) is 7. The van der Waals surface area contributed by atoms with Gasteiger partial charge in [-0.25, -0.2) is 14.8 Å². The molecule has 0 radical (unpaired) electrons. The van der Waals surface area contributed by atoms with Gasteiger partial charge in [0.15, 0.2) is 5.75 Å². The van der Waals surface area contributed by atoms with Crippen molar-refractivity contribution in [1.82, 2.24) is 9.97 Å². The number of aliphatic carboxylic acids is 1. The molecule has 266 valence electrons. The Morgan fingerprint density at radius 3 is 2.08 bits per heavy atom. The van der Waals surface area contributed by atoms with Crippen molar-refractivity contribution >= 4 is 17.5 Å². The van der Waals surface area contributed by atoms with Crippen LogP contribution in [0.2, 0.25) is 0 Å². The number of carboxylic acids is 1. The van der Waals surface area contributed by atoms with Crippen LogP contribution < -0.4 is 14.4 Å². The fourth-order valence-electron chi connectivity index (χ4n) is 5.83. The Labute approximate surface area is 280 Å². The van der Waals surface area contributed by atoms with Crippen molar-refractivity contribution in [2.24, 2.45) is 5.41 Å². The smallest absolute Gasteiger partial charge is 0.416 e. The molecule has 0 saturated carbocycles. The molecule has 1 aliphatic carbocycles. The molecule has 0 spiro atoms. The van der Waals surface area contributed by atoms with E-state index in [1.807, 2.05) is 12.1 Å². The first-order chi connectivity index (χ1) is 22.8. The standard InChI is InChI=1S/C35H39F6N3O5/c1-20(2)22-7-8-29(47-5)28(13-22)27-9-10-33(3,4)15-23(27)19-44(32-42-16-26(17-43-32)49-31(48-6)30(45)46)18-21-11-24(34(36,37)38)14-25(12-21)35(39,40)41/h7-8,11-14,16-17,20,31H,9-10,15,18-19H2,1-6H3,(H,45,46). The lowest BCUT2D eigenvalue weighted by Gasteiger charge is -2.36. The maximum Gasteiger partial charge on any atom is 0.416 e. The molecule has 0 saturated heterocycles. The second kappa shape index (κ2) is 14.7. The first-order valence-electron chi connectivity index (χ1n) is 15.5. The van der Waals surface area contributed by atoms with E-state index in [9.17, 15) is 36.2 Å². The highest BCUT2D eigenvalue weighted by molar-refractivity contribution is 5.75. The Bertz CT molecular complexity index is 1640. The number of aromatic nitrogens is 2. The fraction of sp³-hybridized carbons (Fsp3) is 0.457. The Morgan fingerprint density at radius 2 is 1.57 bits per heavy atom. The molecule has 2 aromatic carbocycles. The Kier molecular flexibility index (Phi) is 11.2. The maximum absolute atomic E-state index is 13.8. The number of alkyl halides is 6. The first kappa shape index (κ1) is 37.5. The van der Waals surface area contributed by atoms with Gasteiger partial charge < -0.3 is 24.2 Å². The van der Waals surface area contributed by atoms with Gasteiger partial charge in [0.25, 0.3) is 6.29 Å². The van der Waals surface area contributed by atoms with E-state index in [1.54, 1.807) is 7.11 Å². The first-order valence-corrected chi connectivity index (χ1v) is 15.5. The summed E-state index contributed by atoms with van der Waals surface area (Å²) in [5.41, 5.74) is 0.501. The van der Waals surface area contributed by atoms with Crippen LogP contribution >= 0.6 is 0 Å². The van der Waals surface area contributed by atoms with Gasteiger partial charge in [0.05, 0.1) is 30.6 Å². The molecule has 1 unspecified atom stereocenters. The number of allylic oxidation sites excluding steroid dienone is 1. The van der Waals surface area contributed by atoms with Gasteiger partial charge in [-0.1, -0.05) is 33.8 Å². The summed E-state index contributed by atoms with van der Waals surface area (Å²) in [4.78, 5) is 21.4. The molecule has 49 heavy (non-hydrogen) atoms. The predicted octanol–water partition coefficient (Wildman–Crippen LogP) is 8.75. The summed E-state index contributed by atoms with van der Waals surface area (Å²) in [7, 11) is 2.69. The number of ether oxygens (including phenoxy) is 3. The minimum Gasteiger partial charge on any atom is -0.496 e. The number of carbonyl (C=O) groups is 1. The van der Waals surface area contributed by atoms with E-state index >= 15 is 0 Å². The number of halogens is 6. The number of hydrogen-bond donors (Lipinski definition) is 1. The van der Waals surface area contributed by atoms with Crippen LogP contribution in [0.25, 0.3) is 5.57 Å². The number of carboxylic acid groups (broad SMARTS) is 1. The van der Waals surface area contributed by atoms with Gasteiger partial charge in [0, 0.05) is 25.8 Å². The largest absolute Gasteiger partial charge is 0.496 e. The molecule has 1 N–H and O–H groups in total. The second-order valence-electron chi connectivity index (χ2n) is 13.1. The Balaban J connectivity index is 1.87. The average molecular weight is 696 g/mol. The van der Waals surface area contributed by atoms with E-state index in [-0.39, 0.29) is 41.2 Å². The second-order valence-corrected chi connectivity index (χ2v) is 13.1. The molecule has 1 aliphatic rings. The van der Waals surface area contributed by atoms with Crippen molar-refractivity contribution in [1.29, 1.82) is 0 Å². The minimum atomic E-state index is -5.03. The summed E-state index contributed by atoms with van der Waals surface area (Å²) >= 11 is 0. The van der Waals surface area contributed by atoms with Crippen molar-refractivity contribution in [2.45, 2.75) is 78.1 Å². The van der Waals surface area contributed by atoms with Crippen molar-refractivity contribution in [3.8, 4) is 11.5 Å². The molecule has 0 fully saturated rings. The molecule has 1 atom stereocenters. The lowest BCUT2D eigenvalue weighted by atomic mass is 9.72. The third-order valence-corrected chi connectivity index (χ3v) is 8.34. The third kappa shape index (κ3) is 9.43. The van der Waals surface area contributed by atoms with Crippen molar-refractivity contribution in [3.63, 3.8) is 0 Å². The highest BCUT2D eigenvalue weighted by atomic mass is 19.4. The summed E-state index contributed by atoms with van der Waals surface area (Å²) in [6, 6.07) is 7.38. The zero-order valence-electron chi connectivity index (χ0n) is 28.0. The molecular formula is C35H39F6N3O5. The van der Waals surface area contributed by atoms with Crippen LogP contribution in [0, 0.1) is 5.41 Å².